The van der Waals surface area contributed by atoms with Gasteiger partial charge in [0.1, 0.15) is 0 Å². The van der Waals surface area contributed by atoms with Crippen molar-refractivity contribution in [1.82, 2.24) is 0 Å². The maximum absolute atomic E-state index is 2.42. The molecule has 0 atom stereocenters. The smallest absolute Gasteiger partial charge is 0.0540 e. The Morgan fingerprint density at radius 2 is 1.02 bits per heavy atom. The number of nitrogens with zero attached hydrogens (tertiary/aromatic N) is 1. The van der Waals surface area contributed by atoms with Crippen LogP contribution >= 0.6 is 0 Å². The van der Waals surface area contributed by atoms with E-state index in [1.807, 2.05) is 0 Å². The summed E-state index contributed by atoms with van der Waals surface area (Å²) in [6, 6.07) is 57.8. The van der Waals surface area contributed by atoms with Crippen molar-refractivity contribution in [2.24, 2.45) is 0 Å². The van der Waals surface area contributed by atoms with Gasteiger partial charge in [0.2, 0.25) is 0 Å². The molecule has 0 amide bonds. The van der Waals surface area contributed by atoms with Gasteiger partial charge in [0.15, 0.2) is 0 Å². The van der Waals surface area contributed by atoms with Crippen molar-refractivity contribution in [2.75, 3.05) is 4.90 Å². The fraction of sp³-hybridized carbons (Fsp3) is 0.0455. The average molecular weight is 574 g/mol. The molecule has 8 aromatic carbocycles. The first kappa shape index (κ1) is 25.8. The van der Waals surface area contributed by atoms with Crippen LogP contribution in [-0.4, -0.2) is 0 Å². The van der Waals surface area contributed by atoms with Crippen LogP contribution in [0.4, 0.5) is 17.1 Å². The second-order valence-corrected chi connectivity index (χ2v) is 12.1. The second-order valence-electron chi connectivity index (χ2n) is 12.1. The Labute approximate surface area is 263 Å². The van der Waals surface area contributed by atoms with Crippen LogP contribution in [0.1, 0.15) is 23.1 Å². The van der Waals surface area contributed by atoms with E-state index in [1.165, 1.54) is 71.0 Å². The van der Waals surface area contributed by atoms with E-state index in [0.29, 0.717) is 0 Å². The maximum atomic E-state index is 2.42. The van der Waals surface area contributed by atoms with Crippen LogP contribution in [0.15, 0.2) is 158 Å². The SMILES string of the molecule is C1=C(c2ccc3ccccc3c2)CCc2c1ccc1cc(N(c3ccc4ccccc4c3)c3cccc4ccccc34)ccc21. The highest BCUT2D eigenvalue weighted by molar-refractivity contribution is 6.02. The van der Waals surface area contributed by atoms with Gasteiger partial charge in [-0.05, 0) is 109 Å². The minimum absolute atomic E-state index is 1.04. The Bertz CT molecular complexity index is 2440. The van der Waals surface area contributed by atoms with Crippen molar-refractivity contribution in [1.29, 1.82) is 0 Å². The van der Waals surface area contributed by atoms with E-state index in [1.54, 1.807) is 0 Å². The molecule has 0 aliphatic heterocycles. The van der Waals surface area contributed by atoms with Crippen molar-refractivity contribution in [3.63, 3.8) is 0 Å². The molecule has 1 heteroatoms. The van der Waals surface area contributed by atoms with E-state index in [0.717, 1.165) is 24.2 Å². The van der Waals surface area contributed by atoms with Gasteiger partial charge in [0.05, 0.1) is 5.69 Å². The van der Waals surface area contributed by atoms with E-state index in [4.69, 9.17) is 0 Å². The molecule has 1 aliphatic carbocycles. The first-order chi connectivity index (χ1) is 22.3. The van der Waals surface area contributed by atoms with E-state index >= 15 is 0 Å². The van der Waals surface area contributed by atoms with E-state index in [-0.39, 0.29) is 0 Å². The second kappa shape index (κ2) is 10.5. The van der Waals surface area contributed by atoms with Crippen molar-refractivity contribution < 1.29 is 0 Å². The fourth-order valence-corrected chi connectivity index (χ4v) is 7.23. The molecule has 0 heterocycles. The molecule has 8 aromatic rings. The topological polar surface area (TPSA) is 3.24 Å². The van der Waals surface area contributed by atoms with Gasteiger partial charge in [0, 0.05) is 16.8 Å². The number of anilines is 3. The summed E-state index contributed by atoms with van der Waals surface area (Å²) in [6.07, 6.45) is 4.50. The molecule has 0 spiro atoms. The van der Waals surface area contributed by atoms with Crippen LogP contribution in [0.5, 0.6) is 0 Å². The number of hydrogen-bond donors (Lipinski definition) is 0. The Hall–Kier alpha value is -5.66. The predicted molar refractivity (Wildman–Crippen MR) is 194 cm³/mol. The molecule has 212 valence electrons. The minimum atomic E-state index is 1.04. The molecule has 0 fully saturated rings. The highest BCUT2D eigenvalue weighted by Gasteiger charge is 2.19. The zero-order valence-electron chi connectivity index (χ0n) is 24.9. The zero-order chi connectivity index (χ0) is 29.7. The Morgan fingerprint density at radius 1 is 0.400 bits per heavy atom. The van der Waals surface area contributed by atoms with Crippen LogP contribution in [-0.2, 0) is 6.42 Å². The number of aryl methyl sites for hydroxylation is 1. The number of allylic oxidation sites excluding steroid dienone is 1. The third-order valence-corrected chi connectivity index (χ3v) is 9.50. The fourth-order valence-electron chi connectivity index (χ4n) is 7.23. The van der Waals surface area contributed by atoms with Gasteiger partial charge in [-0.15, -0.1) is 0 Å². The van der Waals surface area contributed by atoms with Gasteiger partial charge in [-0.1, -0.05) is 127 Å². The lowest BCUT2D eigenvalue weighted by Gasteiger charge is -2.28. The summed E-state index contributed by atoms with van der Waals surface area (Å²) < 4.78 is 0. The molecular formula is C44H31N. The molecule has 9 rings (SSSR count). The molecular weight excluding hydrogens is 542 g/mol. The van der Waals surface area contributed by atoms with Gasteiger partial charge in [-0.3, -0.25) is 0 Å². The molecule has 0 aromatic heterocycles. The highest BCUT2D eigenvalue weighted by Crippen LogP contribution is 2.42. The molecule has 0 N–H and O–H groups in total. The maximum Gasteiger partial charge on any atom is 0.0540 e. The lowest BCUT2D eigenvalue weighted by molar-refractivity contribution is 1.01. The minimum Gasteiger partial charge on any atom is -0.310 e. The van der Waals surface area contributed by atoms with Crippen molar-refractivity contribution in [2.45, 2.75) is 12.8 Å². The summed E-state index contributed by atoms with van der Waals surface area (Å²) >= 11 is 0. The number of hydrogen-bond acceptors (Lipinski definition) is 1. The molecule has 1 aliphatic rings. The first-order valence-corrected chi connectivity index (χ1v) is 15.8. The predicted octanol–water partition coefficient (Wildman–Crippen LogP) is 12.3. The third-order valence-electron chi connectivity index (χ3n) is 9.50. The van der Waals surface area contributed by atoms with Gasteiger partial charge in [-0.25, -0.2) is 0 Å². The van der Waals surface area contributed by atoms with Crippen LogP contribution in [0.2, 0.25) is 0 Å². The molecule has 45 heavy (non-hydrogen) atoms. The highest BCUT2D eigenvalue weighted by atomic mass is 15.1. The molecule has 0 saturated carbocycles. The standard InChI is InChI=1S/C44H31N/c1-3-11-33-26-35(17-16-30(33)8-1)36-21-24-41-37(27-36)18-19-38-29-40(23-25-42(38)41)45(39-22-20-31-9-2-4-12-34(31)28-39)44-15-7-13-32-10-5-6-14-43(32)44/h1-20,22-23,25-29H,21,24H2. The van der Waals surface area contributed by atoms with Crippen LogP contribution in [0.3, 0.4) is 0 Å². The summed E-state index contributed by atoms with van der Waals surface area (Å²) in [5.74, 6) is 0. The molecule has 0 unspecified atom stereocenters. The van der Waals surface area contributed by atoms with Crippen molar-refractivity contribution in [3.8, 4) is 0 Å². The number of rotatable bonds is 4. The van der Waals surface area contributed by atoms with Gasteiger partial charge in [-0.2, -0.15) is 0 Å². The largest absolute Gasteiger partial charge is 0.310 e. The average Bonchev–Trinajstić information content (AvgIpc) is 3.11. The number of benzene rings is 8. The van der Waals surface area contributed by atoms with E-state index < -0.39 is 0 Å². The lowest BCUT2D eigenvalue weighted by atomic mass is 9.85. The van der Waals surface area contributed by atoms with Crippen LogP contribution in [0.25, 0.3) is 54.7 Å². The Balaban J connectivity index is 1.17. The summed E-state index contributed by atoms with van der Waals surface area (Å²) in [6.45, 7) is 0. The van der Waals surface area contributed by atoms with Gasteiger partial charge < -0.3 is 4.90 Å². The third kappa shape index (κ3) is 4.48. The summed E-state index contributed by atoms with van der Waals surface area (Å²) in [4.78, 5) is 2.42. The monoisotopic (exact) mass is 573 g/mol. The summed E-state index contributed by atoms with van der Waals surface area (Å²) in [5, 5.41) is 10.2. The van der Waals surface area contributed by atoms with E-state index in [9.17, 15) is 0 Å². The molecule has 0 saturated heterocycles. The summed E-state index contributed by atoms with van der Waals surface area (Å²) in [5.41, 5.74) is 9.04. The van der Waals surface area contributed by atoms with Crippen LogP contribution in [0, 0.1) is 0 Å². The lowest BCUT2D eigenvalue weighted by Crippen LogP contribution is -2.10. The number of fused-ring (bicyclic) bond motifs is 6. The normalized spacial score (nSPS) is 12.8. The Kier molecular flexibility index (Phi) is 6.02. The molecule has 0 radical (unpaired) electrons. The molecule has 0 bridgehead atoms. The van der Waals surface area contributed by atoms with Gasteiger partial charge >= 0.3 is 0 Å². The summed E-state index contributed by atoms with van der Waals surface area (Å²) in [7, 11) is 0. The van der Waals surface area contributed by atoms with Gasteiger partial charge in [0.25, 0.3) is 0 Å². The quantitative estimate of drug-likeness (QED) is 0.202. The van der Waals surface area contributed by atoms with E-state index in [2.05, 4.69) is 169 Å². The van der Waals surface area contributed by atoms with Crippen LogP contribution < -0.4 is 4.90 Å². The van der Waals surface area contributed by atoms with Crippen molar-refractivity contribution in [3.05, 3.63) is 174 Å². The zero-order valence-corrected chi connectivity index (χ0v) is 24.9. The van der Waals surface area contributed by atoms with Crippen molar-refractivity contribution >= 4 is 71.8 Å². The Morgan fingerprint density at radius 3 is 1.84 bits per heavy atom. The molecule has 1 nitrogen and oxygen atoms in total. The first-order valence-electron chi connectivity index (χ1n) is 15.8.